The summed E-state index contributed by atoms with van der Waals surface area (Å²) in [4.78, 5) is 30.9. The van der Waals surface area contributed by atoms with Crippen molar-refractivity contribution >= 4 is 34.3 Å². The third-order valence-electron chi connectivity index (χ3n) is 5.22. The van der Waals surface area contributed by atoms with E-state index in [0.29, 0.717) is 34.6 Å². The standard InChI is InChI=1S/C26H24N4O4/c1-2-34-25(32)18-10-13-20-21(14-18)30-24(31)22(20)23(17-6-4-3-5-7-17)29-19-11-8-16(9-12-19)15-28-26(27)33/h3-14,30-31H,2,15H2,1H3,(H3,27,28,33). The smallest absolute Gasteiger partial charge is 0.338 e. The van der Waals surface area contributed by atoms with E-state index in [2.05, 4.69) is 10.3 Å². The van der Waals surface area contributed by atoms with Crippen LogP contribution in [0.5, 0.6) is 5.88 Å². The summed E-state index contributed by atoms with van der Waals surface area (Å²) in [6.07, 6.45) is 0. The molecule has 172 valence electrons. The van der Waals surface area contributed by atoms with Gasteiger partial charge in [0.15, 0.2) is 5.88 Å². The number of hydrogen-bond donors (Lipinski definition) is 4. The Labute approximate surface area is 196 Å². The molecular weight excluding hydrogens is 432 g/mol. The van der Waals surface area contributed by atoms with Crippen molar-refractivity contribution in [2.45, 2.75) is 13.5 Å². The van der Waals surface area contributed by atoms with Gasteiger partial charge in [0.2, 0.25) is 0 Å². The van der Waals surface area contributed by atoms with Gasteiger partial charge in [0.05, 0.1) is 29.1 Å². The summed E-state index contributed by atoms with van der Waals surface area (Å²) < 4.78 is 5.08. The fraction of sp³-hybridized carbons (Fsp3) is 0.115. The van der Waals surface area contributed by atoms with Crippen LogP contribution < -0.4 is 11.1 Å². The van der Waals surface area contributed by atoms with Crippen LogP contribution in [0.4, 0.5) is 10.5 Å². The molecule has 0 aliphatic heterocycles. The van der Waals surface area contributed by atoms with Crippen LogP contribution in [0.3, 0.4) is 0 Å². The lowest BCUT2D eigenvalue weighted by Crippen LogP contribution is -2.28. The Hall–Kier alpha value is -4.59. The van der Waals surface area contributed by atoms with Gasteiger partial charge >= 0.3 is 12.0 Å². The molecule has 1 aromatic heterocycles. The monoisotopic (exact) mass is 456 g/mol. The summed E-state index contributed by atoms with van der Waals surface area (Å²) >= 11 is 0. The van der Waals surface area contributed by atoms with Crippen molar-refractivity contribution < 1.29 is 19.4 Å². The number of urea groups is 1. The maximum Gasteiger partial charge on any atom is 0.338 e. The Morgan fingerprint density at radius 2 is 1.76 bits per heavy atom. The van der Waals surface area contributed by atoms with Gasteiger partial charge < -0.3 is 25.9 Å². The minimum absolute atomic E-state index is 0.0547. The van der Waals surface area contributed by atoms with E-state index in [9.17, 15) is 14.7 Å². The van der Waals surface area contributed by atoms with Crippen LogP contribution in [0.25, 0.3) is 10.9 Å². The number of aliphatic imine (C=N–C) groups is 1. The number of amides is 2. The number of fused-ring (bicyclic) bond motifs is 1. The summed E-state index contributed by atoms with van der Waals surface area (Å²) in [6, 6.07) is 21.4. The fourth-order valence-electron chi connectivity index (χ4n) is 3.63. The molecule has 0 saturated carbocycles. The molecule has 0 fully saturated rings. The second kappa shape index (κ2) is 9.91. The van der Waals surface area contributed by atoms with E-state index in [1.54, 1.807) is 25.1 Å². The van der Waals surface area contributed by atoms with Crippen molar-refractivity contribution in [3.63, 3.8) is 0 Å². The largest absolute Gasteiger partial charge is 0.494 e. The van der Waals surface area contributed by atoms with Crippen molar-refractivity contribution in [2.24, 2.45) is 10.7 Å². The minimum atomic E-state index is -0.589. The average Bonchev–Trinajstić information content (AvgIpc) is 3.17. The molecule has 2 amide bonds. The number of nitrogens with two attached hydrogens (primary N) is 1. The maximum atomic E-state index is 12.1. The molecule has 8 heteroatoms. The van der Waals surface area contributed by atoms with E-state index >= 15 is 0 Å². The SMILES string of the molecule is CCOC(=O)c1ccc2c(C(=Nc3ccc(CNC(N)=O)cc3)c3ccccc3)c(O)[nH]c2c1. The molecule has 0 radical (unpaired) electrons. The van der Waals surface area contributed by atoms with E-state index in [1.807, 2.05) is 54.6 Å². The van der Waals surface area contributed by atoms with Gasteiger partial charge in [-0.2, -0.15) is 0 Å². The van der Waals surface area contributed by atoms with Crippen LogP contribution in [0.1, 0.15) is 34.0 Å². The molecule has 1 heterocycles. The normalized spacial score (nSPS) is 11.4. The number of nitrogens with one attached hydrogen (secondary N) is 2. The predicted octanol–water partition coefficient (Wildman–Crippen LogP) is 4.39. The van der Waals surface area contributed by atoms with E-state index in [0.717, 1.165) is 16.5 Å². The number of H-pyrrole nitrogens is 1. The Balaban J connectivity index is 1.79. The van der Waals surface area contributed by atoms with Crippen molar-refractivity contribution in [1.29, 1.82) is 0 Å². The van der Waals surface area contributed by atoms with Crippen LogP contribution in [0, 0.1) is 0 Å². The molecule has 8 nitrogen and oxygen atoms in total. The first kappa shape index (κ1) is 22.6. The van der Waals surface area contributed by atoms with Gasteiger partial charge in [-0.25, -0.2) is 14.6 Å². The lowest BCUT2D eigenvalue weighted by molar-refractivity contribution is 0.0526. The zero-order valence-corrected chi connectivity index (χ0v) is 18.5. The number of aromatic amines is 1. The molecule has 3 aromatic carbocycles. The number of aromatic nitrogens is 1. The predicted molar refractivity (Wildman–Crippen MR) is 131 cm³/mol. The highest BCUT2D eigenvalue weighted by Crippen LogP contribution is 2.32. The molecule has 0 saturated heterocycles. The lowest BCUT2D eigenvalue weighted by atomic mass is 10.00. The molecule has 5 N–H and O–H groups in total. The first-order valence-corrected chi connectivity index (χ1v) is 10.7. The van der Waals surface area contributed by atoms with Gasteiger partial charge in [0.1, 0.15) is 0 Å². The quantitative estimate of drug-likeness (QED) is 0.243. The average molecular weight is 457 g/mol. The van der Waals surface area contributed by atoms with Crippen molar-refractivity contribution in [1.82, 2.24) is 10.3 Å². The van der Waals surface area contributed by atoms with Crippen LogP contribution in [0.2, 0.25) is 0 Å². The summed E-state index contributed by atoms with van der Waals surface area (Å²) in [5.74, 6) is -0.483. The summed E-state index contributed by atoms with van der Waals surface area (Å²) in [5.41, 5.74) is 9.56. The van der Waals surface area contributed by atoms with E-state index < -0.39 is 12.0 Å². The van der Waals surface area contributed by atoms with Crippen LogP contribution >= 0.6 is 0 Å². The van der Waals surface area contributed by atoms with E-state index in [4.69, 9.17) is 15.5 Å². The highest BCUT2D eigenvalue weighted by Gasteiger charge is 2.20. The molecule has 34 heavy (non-hydrogen) atoms. The van der Waals surface area contributed by atoms with E-state index in [1.165, 1.54) is 0 Å². The Morgan fingerprint density at radius 1 is 1.03 bits per heavy atom. The molecule has 4 aromatic rings. The molecule has 0 aliphatic rings. The molecule has 0 spiro atoms. The van der Waals surface area contributed by atoms with Crippen LogP contribution in [-0.4, -0.2) is 34.4 Å². The highest BCUT2D eigenvalue weighted by atomic mass is 16.5. The Kier molecular flexibility index (Phi) is 6.59. The first-order chi connectivity index (χ1) is 16.5. The lowest BCUT2D eigenvalue weighted by Gasteiger charge is -2.09. The van der Waals surface area contributed by atoms with Gasteiger partial charge in [0, 0.05) is 23.0 Å². The van der Waals surface area contributed by atoms with Crippen molar-refractivity contribution in [3.8, 4) is 5.88 Å². The first-order valence-electron chi connectivity index (χ1n) is 10.7. The number of primary amides is 1. The second-order valence-corrected chi connectivity index (χ2v) is 7.54. The summed E-state index contributed by atoms with van der Waals surface area (Å²) in [7, 11) is 0. The van der Waals surface area contributed by atoms with Gasteiger partial charge in [-0.3, -0.25) is 0 Å². The molecular formula is C26H24N4O4. The molecule has 0 atom stereocenters. The number of carbonyl (C=O) groups is 2. The minimum Gasteiger partial charge on any atom is -0.494 e. The zero-order valence-electron chi connectivity index (χ0n) is 18.5. The third-order valence-corrected chi connectivity index (χ3v) is 5.22. The number of carbonyl (C=O) groups excluding carboxylic acids is 2. The molecule has 0 aliphatic carbocycles. The number of nitrogens with zero attached hydrogens (tertiary/aromatic N) is 1. The topological polar surface area (TPSA) is 130 Å². The van der Waals surface area contributed by atoms with Gasteiger partial charge in [0.25, 0.3) is 0 Å². The summed E-state index contributed by atoms with van der Waals surface area (Å²) in [5, 5.41) is 14.1. The fourth-order valence-corrected chi connectivity index (χ4v) is 3.63. The van der Waals surface area contributed by atoms with Crippen molar-refractivity contribution in [2.75, 3.05) is 6.61 Å². The van der Waals surface area contributed by atoms with Gasteiger partial charge in [-0.15, -0.1) is 0 Å². The maximum absolute atomic E-state index is 12.1. The van der Waals surface area contributed by atoms with Gasteiger partial charge in [-0.05, 0) is 36.8 Å². The number of benzene rings is 3. The third kappa shape index (κ3) is 4.91. The highest BCUT2D eigenvalue weighted by molar-refractivity contribution is 6.22. The summed E-state index contributed by atoms with van der Waals surface area (Å²) in [6.45, 7) is 2.34. The Bertz CT molecular complexity index is 1360. The number of ether oxygens (including phenoxy) is 1. The van der Waals surface area contributed by atoms with E-state index in [-0.39, 0.29) is 12.5 Å². The van der Waals surface area contributed by atoms with Gasteiger partial charge in [-0.1, -0.05) is 48.5 Å². The number of rotatable bonds is 7. The zero-order chi connectivity index (χ0) is 24.1. The molecule has 0 unspecified atom stereocenters. The second-order valence-electron chi connectivity index (χ2n) is 7.54. The Morgan fingerprint density at radius 3 is 2.44 bits per heavy atom. The van der Waals surface area contributed by atoms with Crippen molar-refractivity contribution in [3.05, 3.63) is 95.1 Å². The number of esters is 1. The van der Waals surface area contributed by atoms with Crippen LogP contribution in [0.15, 0.2) is 77.8 Å². The number of hydrogen-bond acceptors (Lipinski definition) is 5. The number of aromatic hydroxyl groups is 1. The molecule has 4 rings (SSSR count). The molecule has 0 bridgehead atoms. The van der Waals surface area contributed by atoms with Crippen LogP contribution in [-0.2, 0) is 11.3 Å².